The largest absolute Gasteiger partial charge is 0.477 e. The minimum absolute atomic E-state index is 0.0857. The average molecular weight is 371 g/mol. The second-order valence-electron chi connectivity index (χ2n) is 7.21. The van der Waals surface area contributed by atoms with Gasteiger partial charge in [0.1, 0.15) is 11.4 Å². The molecule has 0 amide bonds. The zero-order chi connectivity index (χ0) is 19.1. The molecule has 1 aliphatic heterocycles. The van der Waals surface area contributed by atoms with Crippen LogP contribution in [-0.4, -0.2) is 41.3 Å². The van der Waals surface area contributed by atoms with Crippen molar-refractivity contribution in [2.24, 2.45) is 0 Å². The molecule has 1 atom stereocenters. The van der Waals surface area contributed by atoms with Gasteiger partial charge in [-0.25, -0.2) is 9.18 Å². The van der Waals surface area contributed by atoms with Crippen molar-refractivity contribution in [2.45, 2.75) is 31.3 Å². The van der Waals surface area contributed by atoms with Gasteiger partial charge in [0, 0.05) is 43.3 Å². The van der Waals surface area contributed by atoms with Gasteiger partial charge in [-0.3, -0.25) is 4.79 Å². The van der Waals surface area contributed by atoms with Gasteiger partial charge in [0.05, 0.1) is 11.2 Å². The molecule has 1 unspecified atom stereocenters. The van der Waals surface area contributed by atoms with Crippen molar-refractivity contribution in [2.75, 3.05) is 24.5 Å². The number of carboxylic acids is 1. The fourth-order valence-corrected chi connectivity index (χ4v) is 3.87. The molecule has 1 saturated carbocycles. The number of halogens is 1. The van der Waals surface area contributed by atoms with E-state index in [0.29, 0.717) is 17.7 Å². The predicted molar refractivity (Wildman–Crippen MR) is 102 cm³/mol. The first kappa shape index (κ1) is 17.7. The maximum Gasteiger partial charge on any atom is 0.341 e. The van der Waals surface area contributed by atoms with Crippen LogP contribution in [0.2, 0.25) is 0 Å². The lowest BCUT2D eigenvalue weighted by atomic mass is 10.1. The van der Waals surface area contributed by atoms with Crippen molar-refractivity contribution in [1.29, 1.82) is 0 Å². The number of hydrogen-bond donors (Lipinski definition) is 2. The first-order valence-corrected chi connectivity index (χ1v) is 9.21. The summed E-state index contributed by atoms with van der Waals surface area (Å²) in [6.45, 7) is 5.93. The number of pyridine rings is 1. The molecule has 0 spiro atoms. The Labute approximate surface area is 155 Å². The highest BCUT2D eigenvalue weighted by molar-refractivity contribution is 5.93. The molecule has 2 aliphatic rings. The molecular weight excluding hydrogens is 349 g/mol. The summed E-state index contributed by atoms with van der Waals surface area (Å²) in [5.41, 5.74) is 0.101. The Hall–Kier alpha value is -2.67. The van der Waals surface area contributed by atoms with E-state index < -0.39 is 17.2 Å². The van der Waals surface area contributed by atoms with Crippen molar-refractivity contribution >= 4 is 22.6 Å². The zero-order valence-electron chi connectivity index (χ0n) is 14.9. The highest BCUT2D eigenvalue weighted by Crippen LogP contribution is 2.38. The number of nitrogens with zero attached hydrogens (tertiary/aromatic N) is 2. The summed E-state index contributed by atoms with van der Waals surface area (Å²) in [7, 11) is 0. The number of benzene rings is 1. The Kier molecular flexibility index (Phi) is 4.47. The molecule has 1 aromatic carbocycles. The number of anilines is 1. The predicted octanol–water partition coefficient (Wildman–Crippen LogP) is 2.53. The highest BCUT2D eigenvalue weighted by Gasteiger charge is 2.29. The van der Waals surface area contributed by atoms with Crippen LogP contribution < -0.4 is 15.6 Å². The molecule has 1 aliphatic carbocycles. The summed E-state index contributed by atoms with van der Waals surface area (Å²) in [4.78, 5) is 26.0. The van der Waals surface area contributed by atoms with E-state index in [1.807, 2.05) is 15.5 Å². The Morgan fingerprint density at radius 2 is 2.19 bits per heavy atom. The first-order valence-electron chi connectivity index (χ1n) is 9.21. The lowest BCUT2D eigenvalue weighted by molar-refractivity contribution is 0.0695. The zero-order valence-corrected chi connectivity index (χ0v) is 14.9. The third kappa shape index (κ3) is 3.12. The normalized spacial score (nSPS) is 20.0. The molecule has 2 aromatic rings. The summed E-state index contributed by atoms with van der Waals surface area (Å²) in [5.74, 6) is -1.78. The van der Waals surface area contributed by atoms with Crippen LogP contribution >= 0.6 is 0 Å². The minimum atomic E-state index is -1.28. The second-order valence-corrected chi connectivity index (χ2v) is 7.21. The van der Waals surface area contributed by atoms with Crippen molar-refractivity contribution < 1.29 is 14.3 Å². The van der Waals surface area contributed by atoms with Gasteiger partial charge in [-0.05, 0) is 31.4 Å². The molecule has 4 rings (SSSR count). The quantitative estimate of drug-likeness (QED) is 0.790. The number of fused-ring (bicyclic) bond motifs is 1. The Morgan fingerprint density at radius 1 is 1.41 bits per heavy atom. The SMILES string of the molecule is C=CCC1CNCCN1c1cc2c(cc1F)c(=O)c(C(=O)O)cn2C1CC1. The van der Waals surface area contributed by atoms with Crippen LogP contribution in [0.3, 0.4) is 0 Å². The number of rotatable bonds is 5. The summed E-state index contributed by atoms with van der Waals surface area (Å²) in [6.07, 6.45) is 5.80. The maximum atomic E-state index is 15.0. The molecule has 142 valence electrons. The van der Waals surface area contributed by atoms with E-state index in [4.69, 9.17) is 0 Å². The van der Waals surface area contributed by atoms with Gasteiger partial charge in [-0.2, -0.15) is 0 Å². The molecule has 2 fully saturated rings. The number of aromatic nitrogens is 1. The standard InChI is InChI=1S/C20H22FN3O3/c1-2-3-13-10-22-6-7-23(13)18-9-17-14(8-16(18)21)19(25)15(20(26)27)11-24(17)12-4-5-12/h2,8-9,11-13,22H,1,3-7,10H2,(H,26,27). The van der Waals surface area contributed by atoms with Gasteiger partial charge in [-0.15, -0.1) is 6.58 Å². The average Bonchev–Trinajstić information content (AvgIpc) is 3.48. The third-order valence-electron chi connectivity index (χ3n) is 5.37. The number of carbonyl (C=O) groups is 1. The molecule has 0 bridgehead atoms. The van der Waals surface area contributed by atoms with Crippen LogP contribution in [0.25, 0.3) is 10.9 Å². The number of nitrogens with one attached hydrogen (secondary N) is 1. The molecule has 2 heterocycles. The number of carboxylic acid groups (broad SMARTS) is 1. The molecule has 27 heavy (non-hydrogen) atoms. The number of piperazine rings is 1. The molecule has 6 nitrogen and oxygen atoms in total. The lowest BCUT2D eigenvalue weighted by Gasteiger charge is -2.38. The Bertz CT molecular complexity index is 981. The summed E-state index contributed by atoms with van der Waals surface area (Å²) in [5, 5.41) is 12.8. The number of aromatic carboxylic acids is 1. The van der Waals surface area contributed by atoms with Gasteiger partial charge in [0.2, 0.25) is 5.43 Å². The molecule has 0 radical (unpaired) electrons. The molecule has 1 aromatic heterocycles. The smallest absolute Gasteiger partial charge is 0.341 e. The molecule has 2 N–H and O–H groups in total. The first-order chi connectivity index (χ1) is 13.0. The lowest BCUT2D eigenvalue weighted by Crippen LogP contribution is -2.51. The van der Waals surface area contributed by atoms with Crippen molar-refractivity contribution in [3.8, 4) is 0 Å². The second kappa shape index (κ2) is 6.81. The number of hydrogen-bond acceptors (Lipinski definition) is 4. The van der Waals surface area contributed by atoms with Crippen molar-refractivity contribution in [3.63, 3.8) is 0 Å². The van der Waals surface area contributed by atoms with Crippen LogP contribution in [-0.2, 0) is 0 Å². The molecule has 1 saturated heterocycles. The van der Waals surface area contributed by atoms with Gasteiger partial charge in [0.25, 0.3) is 0 Å². The van der Waals surface area contributed by atoms with E-state index in [1.165, 1.54) is 12.3 Å². The summed E-state index contributed by atoms with van der Waals surface area (Å²) in [6, 6.07) is 3.15. The topological polar surface area (TPSA) is 74.6 Å². The van der Waals surface area contributed by atoms with Gasteiger partial charge < -0.3 is 19.9 Å². The van der Waals surface area contributed by atoms with Crippen molar-refractivity contribution in [1.82, 2.24) is 9.88 Å². The molecule has 7 heteroatoms. The highest BCUT2D eigenvalue weighted by atomic mass is 19.1. The fraction of sp³-hybridized carbons (Fsp3) is 0.400. The van der Waals surface area contributed by atoms with Gasteiger partial charge in [0.15, 0.2) is 0 Å². The van der Waals surface area contributed by atoms with Crippen molar-refractivity contribution in [3.05, 3.63) is 52.6 Å². The van der Waals surface area contributed by atoms with Crippen LogP contribution in [0.4, 0.5) is 10.1 Å². The molecular formula is C20H22FN3O3. The van der Waals surface area contributed by atoms with E-state index >= 15 is 0 Å². The Balaban J connectivity index is 1.91. The van der Waals surface area contributed by atoms with Crippen LogP contribution in [0, 0.1) is 5.82 Å². The van der Waals surface area contributed by atoms with Crippen LogP contribution in [0.1, 0.15) is 35.7 Å². The monoisotopic (exact) mass is 371 g/mol. The van der Waals surface area contributed by atoms with E-state index in [0.717, 1.165) is 32.4 Å². The van der Waals surface area contributed by atoms with E-state index in [1.54, 1.807) is 6.07 Å². The van der Waals surface area contributed by atoms with Gasteiger partial charge in [-0.1, -0.05) is 6.08 Å². The fourth-order valence-electron chi connectivity index (χ4n) is 3.87. The summed E-state index contributed by atoms with van der Waals surface area (Å²) >= 11 is 0. The third-order valence-corrected chi connectivity index (χ3v) is 5.37. The van der Waals surface area contributed by atoms with E-state index in [9.17, 15) is 19.1 Å². The van der Waals surface area contributed by atoms with E-state index in [2.05, 4.69) is 11.9 Å². The summed E-state index contributed by atoms with van der Waals surface area (Å²) < 4.78 is 16.8. The van der Waals surface area contributed by atoms with Crippen LogP contribution in [0.5, 0.6) is 0 Å². The van der Waals surface area contributed by atoms with Crippen LogP contribution in [0.15, 0.2) is 35.8 Å². The minimum Gasteiger partial charge on any atom is -0.477 e. The Morgan fingerprint density at radius 3 is 2.85 bits per heavy atom. The maximum absolute atomic E-state index is 15.0. The van der Waals surface area contributed by atoms with E-state index in [-0.39, 0.29) is 23.0 Å². The van der Waals surface area contributed by atoms with Gasteiger partial charge >= 0.3 is 5.97 Å².